The van der Waals surface area contributed by atoms with Gasteiger partial charge >= 0.3 is 0 Å². The van der Waals surface area contributed by atoms with Gasteiger partial charge in [0.25, 0.3) is 0 Å². The lowest BCUT2D eigenvalue weighted by Crippen LogP contribution is -2.39. The van der Waals surface area contributed by atoms with Crippen LogP contribution in [0.5, 0.6) is 0 Å². The third kappa shape index (κ3) is 2.98. The molecule has 136 valence electrons. The van der Waals surface area contributed by atoms with Crippen LogP contribution in [0.1, 0.15) is 37.1 Å². The summed E-state index contributed by atoms with van der Waals surface area (Å²) in [5.41, 5.74) is 6.63. The molecule has 0 aliphatic carbocycles. The molecule has 2 aromatic heterocycles. The van der Waals surface area contributed by atoms with Crippen LogP contribution in [0.2, 0.25) is 0 Å². The van der Waals surface area contributed by atoms with Gasteiger partial charge in [0.15, 0.2) is 5.65 Å². The van der Waals surface area contributed by atoms with E-state index in [1.807, 2.05) is 0 Å². The topological polar surface area (TPSA) is 33.4 Å². The minimum atomic E-state index is 0.704. The molecule has 3 aromatic rings. The fourth-order valence-electron chi connectivity index (χ4n) is 4.29. The number of hydrogen-bond acceptors (Lipinski definition) is 3. The Hall–Kier alpha value is -2.36. The molecule has 4 heteroatoms. The monoisotopic (exact) mass is 348 g/mol. The van der Waals surface area contributed by atoms with Gasteiger partial charge in [0.05, 0.1) is 5.69 Å². The van der Waals surface area contributed by atoms with Gasteiger partial charge in [-0.15, -0.1) is 0 Å². The highest BCUT2D eigenvalue weighted by atomic mass is 15.4. The third-order valence-electron chi connectivity index (χ3n) is 5.45. The van der Waals surface area contributed by atoms with Crippen LogP contribution in [0.25, 0.3) is 16.9 Å². The summed E-state index contributed by atoms with van der Waals surface area (Å²) >= 11 is 0. The standard InChI is InChI=1S/C22H28N4/c1-14-6-8-19(9-7-14)21-18(5)22-23-17(4)11-20(26(22)24-21)25-12-15(2)10-16(3)13-25/h6-9,11,15-16H,10,12-13H2,1-5H3. The first-order valence-corrected chi connectivity index (χ1v) is 9.61. The maximum absolute atomic E-state index is 4.99. The van der Waals surface area contributed by atoms with Crippen molar-refractivity contribution in [1.82, 2.24) is 14.6 Å². The Morgan fingerprint density at radius 2 is 1.62 bits per heavy atom. The lowest BCUT2D eigenvalue weighted by atomic mass is 9.92. The summed E-state index contributed by atoms with van der Waals surface area (Å²) in [5, 5.41) is 4.99. The zero-order chi connectivity index (χ0) is 18.4. The molecule has 1 aromatic carbocycles. The molecular formula is C22H28N4. The second-order valence-electron chi connectivity index (χ2n) is 8.18. The van der Waals surface area contributed by atoms with Gasteiger partial charge in [-0.25, -0.2) is 4.98 Å². The molecule has 4 nitrogen and oxygen atoms in total. The van der Waals surface area contributed by atoms with Crippen molar-refractivity contribution in [2.24, 2.45) is 11.8 Å². The molecule has 1 saturated heterocycles. The number of fused-ring (bicyclic) bond motifs is 1. The molecule has 1 aliphatic rings. The molecule has 1 fully saturated rings. The minimum Gasteiger partial charge on any atom is -0.356 e. The van der Waals surface area contributed by atoms with Gasteiger partial charge in [-0.2, -0.15) is 9.61 Å². The Balaban J connectivity index is 1.86. The quantitative estimate of drug-likeness (QED) is 0.667. The molecule has 3 heterocycles. The zero-order valence-electron chi connectivity index (χ0n) is 16.5. The fourth-order valence-corrected chi connectivity index (χ4v) is 4.29. The van der Waals surface area contributed by atoms with E-state index in [-0.39, 0.29) is 0 Å². The maximum Gasteiger partial charge on any atom is 0.161 e. The van der Waals surface area contributed by atoms with E-state index in [9.17, 15) is 0 Å². The van der Waals surface area contributed by atoms with Crippen LogP contribution in [0.15, 0.2) is 30.3 Å². The molecule has 0 saturated carbocycles. The first kappa shape index (κ1) is 17.1. The van der Waals surface area contributed by atoms with E-state index in [0.717, 1.165) is 41.3 Å². The van der Waals surface area contributed by atoms with Crippen molar-refractivity contribution in [3.8, 4) is 11.3 Å². The van der Waals surface area contributed by atoms with Gasteiger partial charge in [-0.3, -0.25) is 0 Å². The lowest BCUT2D eigenvalue weighted by Gasteiger charge is -2.36. The van der Waals surface area contributed by atoms with Crippen molar-refractivity contribution in [2.75, 3.05) is 18.0 Å². The van der Waals surface area contributed by atoms with Crippen molar-refractivity contribution in [2.45, 2.75) is 41.0 Å². The summed E-state index contributed by atoms with van der Waals surface area (Å²) in [5.74, 6) is 2.58. The summed E-state index contributed by atoms with van der Waals surface area (Å²) in [4.78, 5) is 7.30. The summed E-state index contributed by atoms with van der Waals surface area (Å²) in [6.45, 7) is 13.2. The van der Waals surface area contributed by atoms with E-state index >= 15 is 0 Å². The predicted molar refractivity (Wildman–Crippen MR) is 108 cm³/mol. The van der Waals surface area contributed by atoms with E-state index in [1.54, 1.807) is 0 Å². The van der Waals surface area contributed by atoms with Gasteiger partial charge < -0.3 is 4.90 Å². The first-order chi connectivity index (χ1) is 12.4. The summed E-state index contributed by atoms with van der Waals surface area (Å²) in [7, 11) is 0. The Kier molecular flexibility index (Phi) is 4.22. The van der Waals surface area contributed by atoms with Crippen molar-refractivity contribution in [3.05, 3.63) is 47.2 Å². The average Bonchev–Trinajstić information content (AvgIpc) is 2.91. The van der Waals surface area contributed by atoms with Gasteiger partial charge in [-0.1, -0.05) is 43.7 Å². The molecule has 4 rings (SSSR count). The number of benzene rings is 1. The Bertz CT molecular complexity index is 929. The lowest BCUT2D eigenvalue weighted by molar-refractivity contribution is 0.354. The highest BCUT2D eigenvalue weighted by Crippen LogP contribution is 2.31. The van der Waals surface area contributed by atoms with Crippen LogP contribution in [-0.4, -0.2) is 27.7 Å². The molecular weight excluding hydrogens is 320 g/mol. The average molecular weight is 348 g/mol. The number of piperidine rings is 1. The maximum atomic E-state index is 4.99. The molecule has 0 bridgehead atoms. The number of aromatic nitrogens is 3. The van der Waals surface area contributed by atoms with Crippen LogP contribution >= 0.6 is 0 Å². The van der Waals surface area contributed by atoms with Crippen molar-refractivity contribution in [1.29, 1.82) is 0 Å². The number of rotatable bonds is 2. The summed E-state index contributed by atoms with van der Waals surface area (Å²) in [6, 6.07) is 10.8. The van der Waals surface area contributed by atoms with E-state index < -0.39 is 0 Å². The van der Waals surface area contributed by atoms with E-state index in [4.69, 9.17) is 10.1 Å². The second-order valence-corrected chi connectivity index (χ2v) is 8.18. The highest BCUT2D eigenvalue weighted by molar-refractivity contribution is 5.72. The first-order valence-electron chi connectivity index (χ1n) is 9.61. The SMILES string of the molecule is Cc1ccc(-c2nn3c(N4CC(C)CC(C)C4)cc(C)nc3c2C)cc1. The second kappa shape index (κ2) is 6.42. The van der Waals surface area contributed by atoms with Crippen molar-refractivity contribution in [3.63, 3.8) is 0 Å². The Labute approximate surface area is 155 Å². The Morgan fingerprint density at radius 1 is 0.962 bits per heavy atom. The number of hydrogen-bond donors (Lipinski definition) is 0. The third-order valence-corrected chi connectivity index (χ3v) is 5.45. The van der Waals surface area contributed by atoms with Crippen LogP contribution in [0, 0.1) is 32.6 Å². The fraction of sp³-hybridized carbons (Fsp3) is 0.455. The molecule has 2 unspecified atom stereocenters. The van der Waals surface area contributed by atoms with Crippen molar-refractivity contribution >= 4 is 11.5 Å². The molecule has 0 radical (unpaired) electrons. The largest absolute Gasteiger partial charge is 0.356 e. The number of anilines is 1. The van der Waals surface area contributed by atoms with Gasteiger partial charge in [0.2, 0.25) is 0 Å². The number of aryl methyl sites for hydroxylation is 3. The summed E-state index contributed by atoms with van der Waals surface area (Å²) in [6.07, 6.45) is 1.30. The van der Waals surface area contributed by atoms with Crippen molar-refractivity contribution < 1.29 is 0 Å². The minimum absolute atomic E-state index is 0.704. The molecule has 26 heavy (non-hydrogen) atoms. The van der Waals surface area contributed by atoms with Crippen LogP contribution < -0.4 is 4.90 Å². The zero-order valence-corrected chi connectivity index (χ0v) is 16.5. The predicted octanol–water partition coefficient (Wildman–Crippen LogP) is 4.80. The van der Waals surface area contributed by atoms with Gasteiger partial charge in [0.1, 0.15) is 5.82 Å². The Morgan fingerprint density at radius 3 is 2.27 bits per heavy atom. The molecule has 0 amide bonds. The normalized spacial score (nSPS) is 20.7. The van der Waals surface area contributed by atoms with Crippen LogP contribution in [0.4, 0.5) is 5.82 Å². The smallest absolute Gasteiger partial charge is 0.161 e. The molecule has 0 N–H and O–H groups in total. The summed E-state index contributed by atoms with van der Waals surface area (Å²) < 4.78 is 2.06. The highest BCUT2D eigenvalue weighted by Gasteiger charge is 2.25. The number of nitrogens with zero attached hydrogens (tertiary/aromatic N) is 4. The van der Waals surface area contributed by atoms with E-state index in [0.29, 0.717) is 11.8 Å². The molecule has 1 aliphatic heterocycles. The van der Waals surface area contributed by atoms with E-state index in [2.05, 4.69) is 74.4 Å². The van der Waals surface area contributed by atoms with Crippen LogP contribution in [-0.2, 0) is 0 Å². The molecule has 2 atom stereocenters. The van der Waals surface area contributed by atoms with Gasteiger partial charge in [-0.05, 0) is 39.0 Å². The van der Waals surface area contributed by atoms with Crippen LogP contribution in [0.3, 0.4) is 0 Å². The van der Waals surface area contributed by atoms with Gasteiger partial charge in [0, 0.05) is 36.0 Å². The molecule has 0 spiro atoms. The van der Waals surface area contributed by atoms with E-state index in [1.165, 1.54) is 17.8 Å².